The first-order valence-corrected chi connectivity index (χ1v) is 9.32. The van der Waals surface area contributed by atoms with Crippen molar-refractivity contribution in [2.75, 3.05) is 4.90 Å². The summed E-state index contributed by atoms with van der Waals surface area (Å²) in [6.45, 7) is 2.28. The Bertz CT molecular complexity index is 860. The number of hydrogen-bond acceptors (Lipinski definition) is 6. The summed E-state index contributed by atoms with van der Waals surface area (Å²) in [4.78, 5) is 6.73. The van der Waals surface area contributed by atoms with Crippen molar-refractivity contribution in [3.63, 3.8) is 0 Å². The van der Waals surface area contributed by atoms with Crippen LogP contribution in [-0.2, 0) is 5.41 Å². The Kier molecular flexibility index (Phi) is 2.56. The van der Waals surface area contributed by atoms with Crippen LogP contribution in [0.5, 0.6) is 0 Å². The number of rotatable bonds is 1. The molecule has 8 heteroatoms. The van der Waals surface area contributed by atoms with Gasteiger partial charge in [0.1, 0.15) is 12.0 Å². The lowest BCUT2D eigenvalue weighted by Crippen LogP contribution is -2.55. The van der Waals surface area contributed by atoms with Gasteiger partial charge in [0.15, 0.2) is 0 Å². The van der Waals surface area contributed by atoms with Crippen molar-refractivity contribution in [1.29, 1.82) is 0 Å². The lowest BCUT2D eigenvalue weighted by molar-refractivity contribution is 0.175. The lowest BCUT2D eigenvalue weighted by atomic mass is 9.80. The highest BCUT2D eigenvalue weighted by Gasteiger charge is 2.49. The highest BCUT2D eigenvalue weighted by Crippen LogP contribution is 2.48. The van der Waals surface area contributed by atoms with Gasteiger partial charge in [0, 0.05) is 17.4 Å². The molecule has 0 spiro atoms. The molecular weight excluding hydrogens is 316 g/mol. The van der Waals surface area contributed by atoms with Crippen LogP contribution in [0.25, 0.3) is 0 Å². The molecular formula is C17H22N8. The molecule has 1 N–H and O–H groups in total. The molecule has 3 atom stereocenters. The van der Waals surface area contributed by atoms with E-state index in [1.54, 1.807) is 0 Å². The van der Waals surface area contributed by atoms with E-state index in [9.17, 15) is 0 Å². The highest BCUT2D eigenvalue weighted by molar-refractivity contribution is 5.99. The number of fused-ring (bicyclic) bond motifs is 6. The SMILES string of the molecule is CC1(c2cnnn2C2=NNC3C4CCCCC4n4cncc4N23)CC1. The molecule has 8 nitrogen and oxygen atoms in total. The van der Waals surface area contributed by atoms with Crippen LogP contribution in [0.3, 0.4) is 0 Å². The van der Waals surface area contributed by atoms with E-state index in [1.807, 2.05) is 23.4 Å². The second kappa shape index (κ2) is 4.62. The van der Waals surface area contributed by atoms with Gasteiger partial charge in [-0.2, -0.15) is 4.68 Å². The lowest BCUT2D eigenvalue weighted by Gasteiger charge is -2.45. The van der Waals surface area contributed by atoms with E-state index in [0.29, 0.717) is 12.0 Å². The Morgan fingerprint density at radius 2 is 2.08 bits per heavy atom. The maximum absolute atomic E-state index is 4.71. The molecule has 25 heavy (non-hydrogen) atoms. The Hall–Kier alpha value is -2.38. The molecule has 2 aliphatic heterocycles. The average molecular weight is 338 g/mol. The second-order valence-electron chi connectivity index (χ2n) is 8.12. The van der Waals surface area contributed by atoms with E-state index >= 15 is 0 Å². The van der Waals surface area contributed by atoms with Crippen LogP contribution in [-0.4, -0.2) is 36.7 Å². The number of nitrogens with zero attached hydrogens (tertiary/aromatic N) is 7. The predicted molar refractivity (Wildman–Crippen MR) is 92.1 cm³/mol. The first-order chi connectivity index (χ1) is 12.3. The fourth-order valence-corrected chi connectivity index (χ4v) is 4.87. The summed E-state index contributed by atoms with van der Waals surface area (Å²) in [5, 5.41) is 13.3. The summed E-state index contributed by atoms with van der Waals surface area (Å²) in [7, 11) is 0. The first kappa shape index (κ1) is 13.9. The van der Waals surface area contributed by atoms with Crippen molar-refractivity contribution >= 4 is 11.8 Å². The molecule has 0 bridgehead atoms. The van der Waals surface area contributed by atoms with Crippen molar-refractivity contribution < 1.29 is 0 Å². The normalized spacial score (nSPS) is 31.6. The van der Waals surface area contributed by atoms with E-state index in [0.717, 1.165) is 17.5 Å². The molecule has 6 rings (SSSR count). The van der Waals surface area contributed by atoms with Crippen LogP contribution in [0.1, 0.15) is 57.2 Å². The Labute approximate surface area is 145 Å². The molecule has 0 saturated heterocycles. The number of hydrazone groups is 1. The van der Waals surface area contributed by atoms with Gasteiger partial charge in [0.05, 0.1) is 24.4 Å². The predicted octanol–water partition coefficient (Wildman–Crippen LogP) is 1.83. The number of anilines is 1. The molecule has 3 unspecified atom stereocenters. The van der Waals surface area contributed by atoms with Crippen LogP contribution in [0, 0.1) is 5.92 Å². The summed E-state index contributed by atoms with van der Waals surface area (Å²) >= 11 is 0. The van der Waals surface area contributed by atoms with Gasteiger partial charge in [0.25, 0.3) is 5.96 Å². The molecule has 0 aromatic carbocycles. The molecule has 0 amide bonds. The summed E-state index contributed by atoms with van der Waals surface area (Å²) in [6.07, 6.45) is 13.4. The van der Waals surface area contributed by atoms with Crippen molar-refractivity contribution in [1.82, 2.24) is 30.0 Å². The van der Waals surface area contributed by atoms with Gasteiger partial charge >= 0.3 is 0 Å². The van der Waals surface area contributed by atoms with Crippen molar-refractivity contribution in [3.05, 3.63) is 24.4 Å². The van der Waals surface area contributed by atoms with Crippen LogP contribution in [0.15, 0.2) is 23.8 Å². The minimum Gasteiger partial charge on any atom is -0.314 e. The minimum atomic E-state index is 0.188. The maximum Gasteiger partial charge on any atom is 0.252 e. The zero-order valence-corrected chi connectivity index (χ0v) is 14.3. The van der Waals surface area contributed by atoms with E-state index in [4.69, 9.17) is 5.10 Å². The molecule has 0 radical (unpaired) electrons. The van der Waals surface area contributed by atoms with Crippen molar-refractivity contribution in [2.45, 2.75) is 63.1 Å². The Morgan fingerprint density at radius 3 is 2.96 bits per heavy atom. The van der Waals surface area contributed by atoms with Crippen molar-refractivity contribution in [2.24, 2.45) is 11.0 Å². The van der Waals surface area contributed by atoms with Gasteiger partial charge in [-0.1, -0.05) is 25.0 Å². The van der Waals surface area contributed by atoms with E-state index in [1.165, 1.54) is 38.5 Å². The molecule has 130 valence electrons. The fraction of sp³-hybridized carbons (Fsp3) is 0.647. The van der Waals surface area contributed by atoms with Crippen molar-refractivity contribution in [3.8, 4) is 0 Å². The monoisotopic (exact) mass is 338 g/mol. The average Bonchev–Trinajstić information content (AvgIpc) is 3.12. The van der Waals surface area contributed by atoms with Gasteiger partial charge in [-0.25, -0.2) is 4.98 Å². The van der Waals surface area contributed by atoms with Gasteiger partial charge in [0.2, 0.25) is 0 Å². The number of nitrogens with one attached hydrogen (secondary N) is 1. The van der Waals surface area contributed by atoms with E-state index < -0.39 is 0 Å². The highest BCUT2D eigenvalue weighted by atomic mass is 15.6. The van der Waals surface area contributed by atoms with Crippen LogP contribution in [0.4, 0.5) is 5.82 Å². The fourth-order valence-electron chi connectivity index (χ4n) is 4.87. The van der Waals surface area contributed by atoms with Crippen LogP contribution in [0.2, 0.25) is 0 Å². The third-order valence-corrected chi connectivity index (χ3v) is 6.58. The summed E-state index contributed by atoms with van der Waals surface area (Å²) in [6, 6.07) is 0.519. The number of hydrogen-bond donors (Lipinski definition) is 1. The minimum absolute atomic E-state index is 0.188. The quantitative estimate of drug-likeness (QED) is 0.858. The molecule has 4 aliphatic rings. The summed E-state index contributed by atoms with van der Waals surface area (Å²) in [5.41, 5.74) is 4.76. The summed E-state index contributed by atoms with van der Waals surface area (Å²) < 4.78 is 4.28. The van der Waals surface area contributed by atoms with E-state index in [2.05, 4.69) is 37.1 Å². The maximum atomic E-state index is 4.71. The number of imidazole rings is 1. The van der Waals surface area contributed by atoms with Gasteiger partial charge in [-0.15, -0.1) is 10.2 Å². The molecule has 2 aliphatic carbocycles. The molecule has 2 saturated carbocycles. The molecule has 2 aromatic rings. The molecule has 2 fully saturated rings. The summed E-state index contributed by atoms with van der Waals surface area (Å²) in [5.74, 6) is 2.48. The van der Waals surface area contributed by atoms with Crippen LogP contribution < -0.4 is 10.3 Å². The van der Waals surface area contributed by atoms with Gasteiger partial charge < -0.3 is 4.57 Å². The standard InChI is InChI=1S/C17H22N8/c1-17(6-7-17)13-8-19-22-25(13)16-21-20-15-11-4-2-3-5-12(11)23-10-18-9-14(23)24(15)16/h8-12,15,20H,2-7H2,1H3. The number of aromatic nitrogens is 5. The third-order valence-electron chi connectivity index (χ3n) is 6.58. The molecule has 2 aromatic heterocycles. The van der Waals surface area contributed by atoms with Gasteiger partial charge in [-0.3, -0.25) is 10.3 Å². The Morgan fingerprint density at radius 1 is 1.20 bits per heavy atom. The smallest absolute Gasteiger partial charge is 0.252 e. The first-order valence-electron chi connectivity index (χ1n) is 9.32. The zero-order valence-electron chi connectivity index (χ0n) is 14.3. The third kappa shape index (κ3) is 1.77. The Balaban J connectivity index is 1.46. The van der Waals surface area contributed by atoms with Gasteiger partial charge in [-0.05, 0) is 25.7 Å². The topological polar surface area (TPSA) is 76.2 Å². The zero-order chi connectivity index (χ0) is 16.6. The molecule has 4 heterocycles. The van der Waals surface area contributed by atoms with Crippen LogP contribution >= 0.6 is 0 Å². The second-order valence-corrected chi connectivity index (χ2v) is 8.12. The van der Waals surface area contributed by atoms with E-state index in [-0.39, 0.29) is 11.6 Å². The largest absolute Gasteiger partial charge is 0.314 e.